The molecule has 1 fully saturated rings. The van der Waals surface area contributed by atoms with Gasteiger partial charge in [0.25, 0.3) is 5.91 Å². The molecule has 1 unspecified atom stereocenters. The lowest BCUT2D eigenvalue weighted by atomic mass is 9.84. The van der Waals surface area contributed by atoms with E-state index in [1.165, 1.54) is 50.3 Å². The van der Waals surface area contributed by atoms with Gasteiger partial charge in [-0.2, -0.15) is 0 Å². The maximum absolute atomic E-state index is 12.2. The Morgan fingerprint density at radius 3 is 2.74 bits per heavy atom. The van der Waals surface area contributed by atoms with Crippen LogP contribution in [0.15, 0.2) is 18.2 Å². The van der Waals surface area contributed by atoms with Crippen LogP contribution in [-0.4, -0.2) is 17.1 Å². The van der Waals surface area contributed by atoms with Crippen LogP contribution in [0.25, 0.3) is 0 Å². The second-order valence-corrected chi connectivity index (χ2v) is 5.73. The predicted octanol–water partition coefficient (Wildman–Crippen LogP) is 3.74. The molecular weight excluding hydrogens is 262 g/mol. The molecule has 0 spiro atoms. The maximum atomic E-state index is 12.2. The fraction of sp³-hybridized carbons (Fsp3) is 0.533. The Morgan fingerprint density at radius 1 is 1.37 bits per heavy atom. The number of phenolic OH excluding ortho intramolecular Hbond substituents is 1. The maximum Gasteiger partial charge on any atom is 0.253 e. The van der Waals surface area contributed by atoms with Crippen molar-refractivity contribution in [3.8, 4) is 5.75 Å². The van der Waals surface area contributed by atoms with E-state index in [-0.39, 0.29) is 17.7 Å². The summed E-state index contributed by atoms with van der Waals surface area (Å²) in [4.78, 5) is 12.2. The Bertz CT molecular complexity index is 455. The number of hydrogen-bond acceptors (Lipinski definition) is 2. The van der Waals surface area contributed by atoms with E-state index in [4.69, 9.17) is 11.6 Å². The molecule has 3 nitrogen and oxygen atoms in total. The molecule has 104 valence electrons. The van der Waals surface area contributed by atoms with Gasteiger partial charge in [-0.25, -0.2) is 0 Å². The summed E-state index contributed by atoms with van der Waals surface area (Å²) in [6.07, 6.45) is 6.15. The third-order valence-corrected chi connectivity index (χ3v) is 4.24. The molecular formula is C15H20ClNO2. The lowest BCUT2D eigenvalue weighted by Gasteiger charge is -2.28. The minimum absolute atomic E-state index is 0.0554. The van der Waals surface area contributed by atoms with Gasteiger partial charge in [0.05, 0.1) is 10.6 Å². The molecule has 0 radical (unpaired) electrons. The van der Waals surface area contributed by atoms with E-state index in [0.29, 0.717) is 16.5 Å². The molecule has 0 heterocycles. The second-order valence-electron chi connectivity index (χ2n) is 5.32. The Kier molecular flexibility index (Phi) is 4.70. The van der Waals surface area contributed by atoms with E-state index in [1.54, 1.807) is 0 Å². The molecule has 2 rings (SSSR count). The number of phenols is 1. The number of hydrogen-bond donors (Lipinski definition) is 2. The molecule has 0 bridgehead atoms. The Balaban J connectivity index is 2.01. The van der Waals surface area contributed by atoms with Gasteiger partial charge in [0.2, 0.25) is 0 Å². The van der Waals surface area contributed by atoms with Crippen LogP contribution in [-0.2, 0) is 0 Å². The largest absolute Gasteiger partial charge is 0.508 e. The van der Waals surface area contributed by atoms with Gasteiger partial charge in [-0.05, 0) is 43.9 Å². The SMILES string of the molecule is CC(NC(=O)c1cc(O)ccc1Cl)C1CCCCC1. The summed E-state index contributed by atoms with van der Waals surface area (Å²) < 4.78 is 0. The van der Waals surface area contributed by atoms with E-state index in [1.807, 2.05) is 6.92 Å². The topological polar surface area (TPSA) is 49.3 Å². The van der Waals surface area contributed by atoms with Gasteiger partial charge in [0.15, 0.2) is 0 Å². The quantitative estimate of drug-likeness (QED) is 0.887. The van der Waals surface area contributed by atoms with Crippen molar-refractivity contribution in [2.75, 3.05) is 0 Å². The molecule has 1 aliphatic rings. The number of carbonyl (C=O) groups excluding carboxylic acids is 1. The van der Waals surface area contributed by atoms with Gasteiger partial charge in [0, 0.05) is 6.04 Å². The molecule has 0 aliphatic heterocycles. The molecule has 0 saturated heterocycles. The first-order chi connectivity index (χ1) is 9.08. The Hall–Kier alpha value is -1.22. The molecule has 4 heteroatoms. The lowest BCUT2D eigenvalue weighted by molar-refractivity contribution is 0.0919. The second kappa shape index (κ2) is 6.29. The van der Waals surface area contributed by atoms with Crippen molar-refractivity contribution < 1.29 is 9.90 Å². The fourth-order valence-corrected chi connectivity index (χ4v) is 2.93. The van der Waals surface area contributed by atoms with E-state index in [9.17, 15) is 9.90 Å². The van der Waals surface area contributed by atoms with E-state index < -0.39 is 0 Å². The van der Waals surface area contributed by atoms with Crippen LogP contribution < -0.4 is 5.32 Å². The van der Waals surface area contributed by atoms with Crippen molar-refractivity contribution in [3.63, 3.8) is 0 Å². The number of rotatable bonds is 3. The van der Waals surface area contributed by atoms with Crippen LogP contribution >= 0.6 is 11.6 Å². The van der Waals surface area contributed by atoms with Crippen molar-refractivity contribution in [1.29, 1.82) is 0 Å². The zero-order valence-corrected chi connectivity index (χ0v) is 11.9. The van der Waals surface area contributed by atoms with Gasteiger partial charge >= 0.3 is 0 Å². The number of amides is 1. The monoisotopic (exact) mass is 281 g/mol. The van der Waals surface area contributed by atoms with Gasteiger partial charge < -0.3 is 10.4 Å². The smallest absolute Gasteiger partial charge is 0.253 e. The first kappa shape index (κ1) is 14.2. The van der Waals surface area contributed by atoms with Gasteiger partial charge in [-0.3, -0.25) is 4.79 Å². The summed E-state index contributed by atoms with van der Waals surface area (Å²) in [7, 11) is 0. The minimum Gasteiger partial charge on any atom is -0.508 e. The molecule has 1 aromatic rings. The third-order valence-electron chi connectivity index (χ3n) is 3.91. The molecule has 19 heavy (non-hydrogen) atoms. The van der Waals surface area contributed by atoms with Crippen LogP contribution in [0.2, 0.25) is 5.02 Å². The Morgan fingerprint density at radius 2 is 2.05 bits per heavy atom. The van der Waals surface area contributed by atoms with Gasteiger partial charge in [-0.1, -0.05) is 30.9 Å². The molecule has 0 aromatic heterocycles. The summed E-state index contributed by atoms with van der Waals surface area (Å²) in [6, 6.07) is 4.57. The van der Waals surface area contributed by atoms with Crippen LogP contribution in [0.3, 0.4) is 0 Å². The zero-order valence-electron chi connectivity index (χ0n) is 11.2. The van der Waals surface area contributed by atoms with Crippen molar-refractivity contribution >= 4 is 17.5 Å². The first-order valence-electron chi connectivity index (χ1n) is 6.87. The molecule has 1 amide bonds. The average Bonchev–Trinajstić information content (AvgIpc) is 2.42. The summed E-state index contributed by atoms with van der Waals surface area (Å²) in [5, 5.41) is 12.8. The molecule has 1 aromatic carbocycles. The van der Waals surface area contributed by atoms with Crippen LogP contribution in [0, 0.1) is 5.92 Å². The first-order valence-corrected chi connectivity index (χ1v) is 7.25. The summed E-state index contributed by atoms with van der Waals surface area (Å²) >= 11 is 5.99. The van der Waals surface area contributed by atoms with Crippen molar-refractivity contribution in [3.05, 3.63) is 28.8 Å². The van der Waals surface area contributed by atoms with Crippen molar-refractivity contribution in [1.82, 2.24) is 5.32 Å². The average molecular weight is 282 g/mol. The number of benzene rings is 1. The summed E-state index contributed by atoms with van der Waals surface area (Å²) in [5.74, 6) is 0.396. The number of carbonyl (C=O) groups is 1. The summed E-state index contributed by atoms with van der Waals surface area (Å²) in [6.45, 7) is 2.05. The highest BCUT2D eigenvalue weighted by atomic mass is 35.5. The minimum atomic E-state index is -0.209. The van der Waals surface area contributed by atoms with Crippen molar-refractivity contribution in [2.45, 2.75) is 45.1 Å². The van der Waals surface area contributed by atoms with E-state index in [2.05, 4.69) is 5.32 Å². The normalized spacial score (nSPS) is 18.0. The van der Waals surface area contributed by atoms with E-state index >= 15 is 0 Å². The number of aromatic hydroxyl groups is 1. The van der Waals surface area contributed by atoms with E-state index in [0.717, 1.165) is 0 Å². The third kappa shape index (κ3) is 3.63. The number of nitrogens with one attached hydrogen (secondary N) is 1. The summed E-state index contributed by atoms with van der Waals surface area (Å²) in [5.41, 5.74) is 0.337. The number of halogens is 1. The lowest BCUT2D eigenvalue weighted by Crippen LogP contribution is -2.39. The molecule has 2 N–H and O–H groups in total. The Labute approximate surface area is 119 Å². The molecule has 1 saturated carbocycles. The van der Waals surface area contributed by atoms with Crippen LogP contribution in [0.1, 0.15) is 49.4 Å². The standard InChI is InChI=1S/C15H20ClNO2/c1-10(11-5-3-2-4-6-11)17-15(19)13-9-12(18)7-8-14(13)16/h7-11,18H,2-6H2,1H3,(H,17,19). The predicted molar refractivity (Wildman–Crippen MR) is 76.6 cm³/mol. The highest BCUT2D eigenvalue weighted by molar-refractivity contribution is 6.33. The van der Waals surface area contributed by atoms with Crippen LogP contribution in [0.5, 0.6) is 5.75 Å². The van der Waals surface area contributed by atoms with Gasteiger partial charge in [0.1, 0.15) is 5.75 Å². The zero-order chi connectivity index (χ0) is 13.8. The van der Waals surface area contributed by atoms with Gasteiger partial charge in [-0.15, -0.1) is 0 Å². The highest BCUT2D eigenvalue weighted by Crippen LogP contribution is 2.27. The van der Waals surface area contributed by atoms with Crippen molar-refractivity contribution in [2.24, 2.45) is 5.92 Å². The fourth-order valence-electron chi connectivity index (χ4n) is 2.72. The molecule has 1 atom stereocenters. The highest BCUT2D eigenvalue weighted by Gasteiger charge is 2.22. The van der Waals surface area contributed by atoms with Crippen LogP contribution in [0.4, 0.5) is 0 Å². The molecule has 1 aliphatic carbocycles.